The molecule has 0 saturated heterocycles. The van der Waals surface area contributed by atoms with E-state index in [0.717, 1.165) is 0 Å². The highest BCUT2D eigenvalue weighted by molar-refractivity contribution is 6.19. The average molecular weight is 123 g/mol. The monoisotopic (exact) mass is 122 g/mol. The molecule has 0 aliphatic heterocycles. The molecule has 0 saturated carbocycles. The number of rotatable bonds is 2. The van der Waals surface area contributed by atoms with Gasteiger partial charge in [0.1, 0.15) is 5.84 Å². The van der Waals surface area contributed by atoms with Gasteiger partial charge in [-0.15, -0.1) is 11.6 Å². The van der Waals surface area contributed by atoms with E-state index < -0.39 is 0 Å². The predicted molar refractivity (Wildman–Crippen MR) is 28.7 cm³/mol. The van der Waals surface area contributed by atoms with Crippen LogP contribution in [0.3, 0.4) is 0 Å². The van der Waals surface area contributed by atoms with Gasteiger partial charge in [-0.2, -0.15) is 0 Å². The molecule has 0 fully saturated rings. The number of hydrogen-bond acceptors (Lipinski definition) is 2. The number of hydrogen-bond donors (Lipinski definition) is 2. The summed E-state index contributed by atoms with van der Waals surface area (Å²) in [6.07, 6.45) is 0.443. The summed E-state index contributed by atoms with van der Waals surface area (Å²) in [5, 5.41) is 10.6. The highest BCUT2D eigenvalue weighted by Crippen LogP contribution is 1.81. The average Bonchev–Trinajstić information content (AvgIpc) is 1.68. The minimum Gasteiger partial charge on any atom is -0.409 e. The predicted octanol–water partition coefficient (Wildman–Crippen LogP) is 0.362. The number of nitrogens with zero attached hydrogens (tertiary/aromatic N) is 1. The molecular formula is C3H7ClN2O. The van der Waals surface area contributed by atoms with Gasteiger partial charge in [-0.05, 0) is 0 Å². The maximum absolute atomic E-state index is 7.87. The van der Waals surface area contributed by atoms with Gasteiger partial charge in [0.05, 0.1) is 0 Å². The zero-order chi connectivity index (χ0) is 5.70. The molecule has 0 atom stereocenters. The highest BCUT2D eigenvalue weighted by Gasteiger charge is 1.86. The molecule has 0 aromatic rings. The van der Waals surface area contributed by atoms with Crippen molar-refractivity contribution >= 4 is 17.4 Å². The lowest BCUT2D eigenvalue weighted by Gasteiger charge is -1.87. The molecule has 0 unspecified atom stereocenters. The number of alkyl halides is 1. The number of nitrogens with two attached hydrogens (primary N) is 1. The van der Waals surface area contributed by atoms with Crippen LogP contribution in [0, 0.1) is 0 Å². The molecule has 42 valence electrons. The second-order valence-corrected chi connectivity index (χ2v) is 1.41. The van der Waals surface area contributed by atoms with Crippen LogP contribution in [0.5, 0.6) is 0 Å². The largest absolute Gasteiger partial charge is 0.409 e. The summed E-state index contributed by atoms with van der Waals surface area (Å²) in [7, 11) is 0. The number of oxime groups is 1. The molecule has 0 rings (SSSR count). The zero-order valence-corrected chi connectivity index (χ0v) is 4.52. The fourth-order valence-corrected chi connectivity index (χ4v) is 0.340. The van der Waals surface area contributed by atoms with Crippen LogP contribution >= 0.6 is 11.6 Å². The van der Waals surface area contributed by atoms with Gasteiger partial charge in [0, 0.05) is 12.3 Å². The first-order chi connectivity index (χ1) is 3.31. The van der Waals surface area contributed by atoms with Crippen molar-refractivity contribution in [1.29, 1.82) is 0 Å². The third kappa shape index (κ3) is 3.39. The van der Waals surface area contributed by atoms with Crippen LogP contribution in [0.1, 0.15) is 6.42 Å². The smallest absolute Gasteiger partial charge is 0.140 e. The Morgan fingerprint density at radius 2 is 2.43 bits per heavy atom. The summed E-state index contributed by atoms with van der Waals surface area (Å²) in [4.78, 5) is 0. The fourth-order valence-electron chi connectivity index (χ4n) is 0.147. The van der Waals surface area contributed by atoms with Gasteiger partial charge in [-0.3, -0.25) is 0 Å². The molecule has 0 aliphatic rings. The van der Waals surface area contributed by atoms with Gasteiger partial charge in [-0.25, -0.2) is 0 Å². The molecule has 0 aromatic heterocycles. The minimum absolute atomic E-state index is 0.176. The molecule has 0 amide bonds. The van der Waals surface area contributed by atoms with Crippen molar-refractivity contribution in [2.75, 3.05) is 5.88 Å². The SMILES string of the molecule is NC(CCCl)=NO. The maximum atomic E-state index is 7.87. The molecule has 0 aromatic carbocycles. The first-order valence-corrected chi connectivity index (χ1v) is 2.37. The van der Waals surface area contributed by atoms with Crippen molar-refractivity contribution in [1.82, 2.24) is 0 Å². The van der Waals surface area contributed by atoms with Crippen molar-refractivity contribution in [3.63, 3.8) is 0 Å². The maximum Gasteiger partial charge on any atom is 0.140 e. The Hall–Kier alpha value is -0.440. The van der Waals surface area contributed by atoms with Crippen LogP contribution < -0.4 is 5.73 Å². The Bertz CT molecular complexity index is 73.3. The first-order valence-electron chi connectivity index (χ1n) is 1.83. The summed E-state index contributed by atoms with van der Waals surface area (Å²) < 4.78 is 0. The molecule has 7 heavy (non-hydrogen) atoms. The zero-order valence-electron chi connectivity index (χ0n) is 3.76. The summed E-state index contributed by atoms with van der Waals surface area (Å²) >= 11 is 5.20. The normalized spacial score (nSPS) is 11.9. The minimum atomic E-state index is 0.176. The number of halogens is 1. The van der Waals surface area contributed by atoms with Crippen LogP contribution in [-0.4, -0.2) is 16.9 Å². The van der Waals surface area contributed by atoms with E-state index in [0.29, 0.717) is 12.3 Å². The van der Waals surface area contributed by atoms with E-state index in [4.69, 9.17) is 22.5 Å². The lowest BCUT2D eigenvalue weighted by molar-refractivity contribution is 0.317. The first kappa shape index (κ1) is 6.56. The van der Waals surface area contributed by atoms with Gasteiger partial charge in [-0.1, -0.05) is 5.16 Å². The molecule has 4 heteroatoms. The van der Waals surface area contributed by atoms with Crippen LogP contribution in [0.4, 0.5) is 0 Å². The summed E-state index contributed by atoms with van der Waals surface area (Å²) in [6.45, 7) is 0. The third-order valence-electron chi connectivity index (χ3n) is 0.479. The van der Waals surface area contributed by atoms with Gasteiger partial charge < -0.3 is 10.9 Å². The molecule has 0 bridgehead atoms. The molecule has 0 aliphatic carbocycles. The van der Waals surface area contributed by atoms with Gasteiger partial charge >= 0.3 is 0 Å². The quantitative estimate of drug-likeness (QED) is 0.183. The van der Waals surface area contributed by atoms with E-state index >= 15 is 0 Å². The van der Waals surface area contributed by atoms with E-state index in [9.17, 15) is 0 Å². The van der Waals surface area contributed by atoms with E-state index in [-0.39, 0.29) is 5.84 Å². The lowest BCUT2D eigenvalue weighted by Crippen LogP contribution is -2.11. The van der Waals surface area contributed by atoms with Gasteiger partial charge in [0.2, 0.25) is 0 Å². The Morgan fingerprint density at radius 1 is 1.86 bits per heavy atom. The molecular weight excluding hydrogens is 115 g/mol. The molecule has 3 N–H and O–H groups in total. The second kappa shape index (κ2) is 3.74. The van der Waals surface area contributed by atoms with Crippen molar-refractivity contribution in [3.05, 3.63) is 0 Å². The molecule has 0 radical (unpaired) electrons. The van der Waals surface area contributed by atoms with E-state index in [1.165, 1.54) is 0 Å². The van der Waals surface area contributed by atoms with Crippen LogP contribution in [0.25, 0.3) is 0 Å². The number of amidine groups is 1. The van der Waals surface area contributed by atoms with E-state index in [1.807, 2.05) is 0 Å². The van der Waals surface area contributed by atoms with Crippen molar-refractivity contribution < 1.29 is 5.21 Å². The summed E-state index contributed by atoms with van der Waals surface area (Å²) in [5.74, 6) is 0.575. The molecule has 0 spiro atoms. The van der Waals surface area contributed by atoms with Crippen molar-refractivity contribution in [2.24, 2.45) is 10.9 Å². The van der Waals surface area contributed by atoms with Crippen LogP contribution in [0.2, 0.25) is 0 Å². The van der Waals surface area contributed by atoms with Crippen LogP contribution in [0.15, 0.2) is 5.16 Å². The Kier molecular flexibility index (Phi) is 3.50. The standard InChI is InChI=1S/C3H7ClN2O/c4-2-1-3(5)6-7/h7H,1-2H2,(H2,5,6). The summed E-state index contributed by atoms with van der Waals surface area (Å²) in [6, 6.07) is 0. The van der Waals surface area contributed by atoms with Gasteiger partial charge in [0.15, 0.2) is 0 Å². The Balaban J connectivity index is 3.17. The lowest BCUT2D eigenvalue weighted by atomic mass is 10.5. The molecule has 0 heterocycles. The van der Waals surface area contributed by atoms with Gasteiger partial charge in [0.25, 0.3) is 0 Å². The Labute approximate surface area is 46.8 Å². The van der Waals surface area contributed by atoms with E-state index in [2.05, 4.69) is 5.16 Å². The second-order valence-electron chi connectivity index (χ2n) is 1.03. The highest BCUT2D eigenvalue weighted by atomic mass is 35.5. The Morgan fingerprint density at radius 3 is 2.57 bits per heavy atom. The summed E-state index contributed by atoms with van der Waals surface area (Å²) in [5.41, 5.74) is 5.00. The third-order valence-corrected chi connectivity index (χ3v) is 0.668. The van der Waals surface area contributed by atoms with Crippen molar-refractivity contribution in [3.8, 4) is 0 Å². The van der Waals surface area contributed by atoms with Crippen molar-refractivity contribution in [2.45, 2.75) is 6.42 Å². The fraction of sp³-hybridized carbons (Fsp3) is 0.667. The molecule has 3 nitrogen and oxygen atoms in total. The van der Waals surface area contributed by atoms with Crippen LogP contribution in [-0.2, 0) is 0 Å². The van der Waals surface area contributed by atoms with E-state index in [1.54, 1.807) is 0 Å². The topological polar surface area (TPSA) is 58.6 Å².